The normalized spacial score (nSPS) is 20.1. The van der Waals surface area contributed by atoms with Gasteiger partial charge in [-0.3, -0.25) is 9.80 Å². The zero-order valence-corrected chi connectivity index (χ0v) is 16.2. The Bertz CT molecular complexity index is 1140. The molecule has 0 bridgehead atoms. The van der Waals surface area contributed by atoms with E-state index in [9.17, 15) is 9.90 Å². The van der Waals surface area contributed by atoms with Gasteiger partial charge in [0.25, 0.3) is 0 Å². The van der Waals surface area contributed by atoms with E-state index in [1.165, 1.54) is 6.07 Å². The van der Waals surface area contributed by atoms with E-state index in [4.69, 9.17) is 9.84 Å². The minimum absolute atomic E-state index is 0.0259. The molecule has 2 heterocycles. The molecular weight excluding hydrogens is 376 g/mol. The average Bonchev–Trinajstić information content (AvgIpc) is 3.24. The first-order valence-corrected chi connectivity index (χ1v) is 9.86. The van der Waals surface area contributed by atoms with Crippen LogP contribution < -0.4 is 9.75 Å². The maximum Gasteiger partial charge on any atom is 0.181 e. The molecule has 148 valence electrons. The van der Waals surface area contributed by atoms with E-state index < -0.39 is 6.10 Å². The summed E-state index contributed by atoms with van der Waals surface area (Å²) >= 11 is 0. The third-order valence-electron chi connectivity index (χ3n) is 5.44. The SMILES string of the molecule is O=CC1Oc2cc(O)ccc2C=C1C1=NN(c2ccccc2)C(c2ccccc2)C1. The van der Waals surface area contributed by atoms with Gasteiger partial charge in [0.1, 0.15) is 11.5 Å². The van der Waals surface area contributed by atoms with Gasteiger partial charge in [0.2, 0.25) is 0 Å². The molecule has 3 aromatic carbocycles. The van der Waals surface area contributed by atoms with E-state index in [0.717, 1.165) is 34.4 Å². The Morgan fingerprint density at radius 2 is 1.73 bits per heavy atom. The van der Waals surface area contributed by atoms with Crippen molar-refractivity contribution in [3.05, 3.63) is 95.6 Å². The summed E-state index contributed by atoms with van der Waals surface area (Å²) in [6, 6.07) is 25.2. The number of aldehydes is 1. The van der Waals surface area contributed by atoms with Crippen LogP contribution in [0.15, 0.2) is 89.5 Å². The van der Waals surface area contributed by atoms with Crippen molar-refractivity contribution in [1.29, 1.82) is 0 Å². The maximum atomic E-state index is 11.8. The van der Waals surface area contributed by atoms with Crippen molar-refractivity contribution >= 4 is 23.8 Å². The number of benzene rings is 3. The summed E-state index contributed by atoms with van der Waals surface area (Å²) < 4.78 is 5.87. The molecule has 2 aliphatic heterocycles. The van der Waals surface area contributed by atoms with Gasteiger partial charge in [0.05, 0.1) is 17.4 Å². The number of carbonyl (C=O) groups excluding carboxylic acids is 1. The molecule has 5 nitrogen and oxygen atoms in total. The first-order chi connectivity index (χ1) is 14.7. The molecule has 0 radical (unpaired) electrons. The van der Waals surface area contributed by atoms with Crippen LogP contribution >= 0.6 is 0 Å². The van der Waals surface area contributed by atoms with Gasteiger partial charge in [-0.1, -0.05) is 48.5 Å². The number of ether oxygens (including phenoxy) is 1. The number of phenols is 1. The van der Waals surface area contributed by atoms with Crippen molar-refractivity contribution in [3.63, 3.8) is 0 Å². The van der Waals surface area contributed by atoms with Crippen LogP contribution in [0, 0.1) is 0 Å². The van der Waals surface area contributed by atoms with Gasteiger partial charge in [0.15, 0.2) is 12.4 Å². The topological polar surface area (TPSA) is 62.1 Å². The number of rotatable bonds is 4. The fourth-order valence-electron chi connectivity index (χ4n) is 3.98. The van der Waals surface area contributed by atoms with Crippen LogP contribution in [0.2, 0.25) is 0 Å². The largest absolute Gasteiger partial charge is 0.508 e. The fourth-order valence-corrected chi connectivity index (χ4v) is 3.98. The molecule has 0 amide bonds. The number of carbonyl (C=O) groups is 1. The van der Waals surface area contributed by atoms with Gasteiger partial charge >= 0.3 is 0 Å². The van der Waals surface area contributed by atoms with Crippen molar-refractivity contribution < 1.29 is 14.6 Å². The molecule has 0 aliphatic carbocycles. The molecule has 2 unspecified atom stereocenters. The molecule has 5 rings (SSSR count). The van der Waals surface area contributed by atoms with Crippen molar-refractivity contribution in [1.82, 2.24) is 0 Å². The number of fused-ring (bicyclic) bond motifs is 1. The highest BCUT2D eigenvalue weighted by molar-refractivity contribution is 6.10. The second-order valence-corrected chi connectivity index (χ2v) is 7.35. The zero-order chi connectivity index (χ0) is 20.5. The van der Waals surface area contributed by atoms with Crippen LogP contribution in [0.1, 0.15) is 23.6 Å². The highest BCUT2D eigenvalue weighted by Gasteiger charge is 2.35. The first-order valence-electron chi connectivity index (χ1n) is 9.86. The van der Waals surface area contributed by atoms with Crippen molar-refractivity contribution in [2.75, 3.05) is 5.01 Å². The molecule has 0 fully saturated rings. The minimum atomic E-state index is -0.759. The second-order valence-electron chi connectivity index (χ2n) is 7.35. The standard InChI is InChI=1S/C25H20N2O3/c28-16-25-21(13-18-11-12-20(29)14-24(18)30-25)22-15-23(17-7-3-1-4-8-17)27(26-22)19-9-5-2-6-10-19/h1-14,16,23,25,29H,15H2. The van der Waals surface area contributed by atoms with Crippen LogP contribution in [-0.2, 0) is 4.79 Å². The van der Waals surface area contributed by atoms with Gasteiger partial charge in [-0.05, 0) is 35.9 Å². The molecule has 3 aromatic rings. The monoisotopic (exact) mass is 396 g/mol. The van der Waals surface area contributed by atoms with E-state index in [1.54, 1.807) is 12.1 Å². The molecule has 0 aromatic heterocycles. The quantitative estimate of drug-likeness (QED) is 0.647. The summed E-state index contributed by atoms with van der Waals surface area (Å²) in [6.45, 7) is 0. The van der Waals surface area contributed by atoms with E-state index in [2.05, 4.69) is 12.1 Å². The first kappa shape index (κ1) is 18.2. The Morgan fingerprint density at radius 1 is 1.00 bits per heavy atom. The Hall–Kier alpha value is -3.86. The number of aromatic hydroxyl groups is 1. The summed E-state index contributed by atoms with van der Waals surface area (Å²) in [6.07, 6.45) is 2.62. The second kappa shape index (κ2) is 7.52. The van der Waals surface area contributed by atoms with E-state index in [-0.39, 0.29) is 11.8 Å². The summed E-state index contributed by atoms with van der Waals surface area (Å²) in [4.78, 5) is 11.8. The molecule has 30 heavy (non-hydrogen) atoms. The predicted octanol–water partition coefficient (Wildman–Crippen LogP) is 4.74. The summed E-state index contributed by atoms with van der Waals surface area (Å²) in [5, 5.41) is 16.7. The van der Waals surface area contributed by atoms with Gasteiger partial charge in [-0.15, -0.1) is 0 Å². The van der Waals surface area contributed by atoms with Crippen molar-refractivity contribution in [3.8, 4) is 11.5 Å². The highest BCUT2D eigenvalue weighted by Crippen LogP contribution is 2.39. The van der Waals surface area contributed by atoms with Gasteiger partial charge in [-0.25, -0.2) is 0 Å². The highest BCUT2D eigenvalue weighted by atomic mass is 16.5. The lowest BCUT2D eigenvalue weighted by molar-refractivity contribution is -0.112. The summed E-state index contributed by atoms with van der Waals surface area (Å²) in [5.41, 5.74) is 4.54. The third kappa shape index (κ3) is 3.24. The molecule has 2 atom stereocenters. The molecular formula is C25H20N2O3. The number of hydrogen-bond donors (Lipinski definition) is 1. The smallest absolute Gasteiger partial charge is 0.181 e. The van der Waals surface area contributed by atoms with E-state index in [0.29, 0.717) is 12.2 Å². The van der Waals surface area contributed by atoms with Crippen LogP contribution in [0.5, 0.6) is 11.5 Å². The molecule has 5 heteroatoms. The number of nitrogens with zero attached hydrogens (tertiary/aromatic N) is 2. The Morgan fingerprint density at radius 3 is 2.47 bits per heavy atom. The summed E-state index contributed by atoms with van der Waals surface area (Å²) in [5.74, 6) is 0.599. The molecule has 2 aliphatic rings. The number of hydrogen-bond acceptors (Lipinski definition) is 5. The van der Waals surface area contributed by atoms with Crippen LogP contribution in [0.4, 0.5) is 5.69 Å². The maximum absolute atomic E-state index is 11.8. The molecule has 1 N–H and O–H groups in total. The lowest BCUT2D eigenvalue weighted by Gasteiger charge is -2.24. The van der Waals surface area contributed by atoms with Crippen molar-refractivity contribution in [2.45, 2.75) is 18.6 Å². The van der Waals surface area contributed by atoms with Gasteiger partial charge < -0.3 is 9.84 Å². The fraction of sp³-hybridized carbons (Fsp3) is 0.120. The third-order valence-corrected chi connectivity index (χ3v) is 5.44. The number of para-hydroxylation sites is 1. The van der Waals surface area contributed by atoms with Crippen LogP contribution in [0.3, 0.4) is 0 Å². The number of phenolic OH excluding ortho intramolecular Hbond substituents is 1. The van der Waals surface area contributed by atoms with E-state index >= 15 is 0 Å². The predicted molar refractivity (Wildman–Crippen MR) is 117 cm³/mol. The summed E-state index contributed by atoms with van der Waals surface area (Å²) in [7, 11) is 0. The van der Waals surface area contributed by atoms with Crippen LogP contribution in [0.25, 0.3) is 6.08 Å². The Kier molecular flexibility index (Phi) is 4.56. The molecule has 0 saturated heterocycles. The van der Waals surface area contributed by atoms with Crippen LogP contribution in [-0.4, -0.2) is 23.2 Å². The van der Waals surface area contributed by atoms with E-state index in [1.807, 2.05) is 59.6 Å². The number of hydrazone groups is 1. The minimum Gasteiger partial charge on any atom is -0.508 e. The Labute approximate surface area is 174 Å². The zero-order valence-electron chi connectivity index (χ0n) is 16.2. The lowest BCUT2D eigenvalue weighted by Crippen LogP contribution is -2.28. The number of anilines is 1. The van der Waals surface area contributed by atoms with Gasteiger partial charge in [-0.2, -0.15) is 5.10 Å². The Balaban J connectivity index is 1.58. The lowest BCUT2D eigenvalue weighted by atomic mass is 9.93. The van der Waals surface area contributed by atoms with Crippen molar-refractivity contribution in [2.24, 2.45) is 5.10 Å². The average molecular weight is 396 g/mol. The molecule has 0 saturated carbocycles. The van der Waals surface area contributed by atoms with Gasteiger partial charge in [0, 0.05) is 23.6 Å². The molecule has 0 spiro atoms.